The fourth-order valence-electron chi connectivity index (χ4n) is 2.87. The molecule has 0 amide bonds. The number of ether oxygens (including phenoxy) is 3. The van der Waals surface area contributed by atoms with Crippen LogP contribution in [0.1, 0.15) is 25.3 Å². The van der Waals surface area contributed by atoms with E-state index >= 15 is 0 Å². The van der Waals surface area contributed by atoms with E-state index in [0.29, 0.717) is 19.7 Å². The van der Waals surface area contributed by atoms with Gasteiger partial charge in [0.2, 0.25) is 0 Å². The van der Waals surface area contributed by atoms with Gasteiger partial charge in [0, 0.05) is 51.8 Å². The molecule has 26 heavy (non-hydrogen) atoms. The first-order valence-electron chi connectivity index (χ1n) is 9.19. The topological polar surface area (TPSA) is 64.1 Å². The number of hydrogen-bond donors (Lipinski definition) is 2. The van der Waals surface area contributed by atoms with Crippen molar-refractivity contribution in [3.8, 4) is 5.75 Å². The van der Waals surface area contributed by atoms with Gasteiger partial charge in [0.1, 0.15) is 12.4 Å². The maximum atomic E-state index is 5.78. The van der Waals surface area contributed by atoms with Gasteiger partial charge in [-0.1, -0.05) is 30.9 Å². The summed E-state index contributed by atoms with van der Waals surface area (Å²) in [4.78, 5) is 4.70. The van der Waals surface area contributed by atoms with Crippen LogP contribution < -0.4 is 15.4 Å². The quantitative estimate of drug-likeness (QED) is 0.402. The van der Waals surface area contributed by atoms with E-state index < -0.39 is 0 Å². The van der Waals surface area contributed by atoms with Crippen LogP contribution in [0.4, 0.5) is 0 Å². The van der Waals surface area contributed by atoms with E-state index in [4.69, 9.17) is 19.2 Å². The Morgan fingerprint density at radius 1 is 1.31 bits per heavy atom. The minimum Gasteiger partial charge on any atom is -0.489 e. The zero-order valence-electron chi connectivity index (χ0n) is 15.9. The second kappa shape index (κ2) is 10.8. The predicted molar refractivity (Wildman–Crippen MR) is 105 cm³/mol. The van der Waals surface area contributed by atoms with Crippen LogP contribution in [-0.2, 0) is 16.0 Å². The molecule has 1 aliphatic rings. The number of rotatable bonds is 9. The molecule has 144 valence electrons. The first-order chi connectivity index (χ1) is 12.7. The molecular weight excluding hydrogens is 330 g/mol. The SMILES string of the molecule is C=CCOc1ccccc1CN=C(NCC)NCC1(OC)CCOCC1. The number of guanidine groups is 1. The molecule has 0 aromatic heterocycles. The van der Waals surface area contributed by atoms with Gasteiger partial charge in [-0.15, -0.1) is 0 Å². The van der Waals surface area contributed by atoms with Crippen molar-refractivity contribution in [1.29, 1.82) is 0 Å². The molecule has 0 atom stereocenters. The van der Waals surface area contributed by atoms with E-state index in [9.17, 15) is 0 Å². The van der Waals surface area contributed by atoms with E-state index in [1.54, 1.807) is 13.2 Å². The summed E-state index contributed by atoms with van der Waals surface area (Å²) in [6.45, 7) is 9.73. The number of hydrogen-bond acceptors (Lipinski definition) is 4. The zero-order valence-corrected chi connectivity index (χ0v) is 15.9. The number of nitrogens with one attached hydrogen (secondary N) is 2. The Morgan fingerprint density at radius 2 is 2.08 bits per heavy atom. The Bertz CT molecular complexity index is 583. The van der Waals surface area contributed by atoms with E-state index in [2.05, 4.69) is 24.1 Å². The van der Waals surface area contributed by atoms with E-state index in [1.807, 2.05) is 24.3 Å². The molecule has 0 bridgehead atoms. The highest BCUT2D eigenvalue weighted by Gasteiger charge is 2.32. The highest BCUT2D eigenvalue weighted by molar-refractivity contribution is 5.79. The number of para-hydroxylation sites is 1. The fraction of sp³-hybridized carbons (Fsp3) is 0.550. The first kappa shape index (κ1) is 20.3. The maximum absolute atomic E-state index is 5.78. The molecule has 1 saturated heterocycles. The van der Waals surface area contributed by atoms with Crippen molar-refractivity contribution >= 4 is 5.96 Å². The third-order valence-corrected chi connectivity index (χ3v) is 4.50. The van der Waals surface area contributed by atoms with Crippen molar-refractivity contribution in [3.05, 3.63) is 42.5 Å². The Kier molecular flexibility index (Phi) is 8.44. The smallest absolute Gasteiger partial charge is 0.191 e. The molecule has 6 nitrogen and oxygen atoms in total. The Balaban J connectivity index is 2.01. The van der Waals surface area contributed by atoms with Crippen LogP contribution >= 0.6 is 0 Å². The van der Waals surface area contributed by atoms with Gasteiger partial charge in [0.15, 0.2) is 5.96 Å². The predicted octanol–water partition coefficient (Wildman–Crippen LogP) is 2.50. The van der Waals surface area contributed by atoms with E-state index in [0.717, 1.165) is 49.9 Å². The molecule has 0 aliphatic carbocycles. The van der Waals surface area contributed by atoms with Crippen LogP contribution in [-0.4, -0.2) is 51.6 Å². The molecule has 2 rings (SSSR count). The molecule has 0 saturated carbocycles. The first-order valence-corrected chi connectivity index (χ1v) is 9.19. The van der Waals surface area contributed by atoms with Crippen molar-refractivity contribution in [3.63, 3.8) is 0 Å². The van der Waals surface area contributed by atoms with Gasteiger partial charge in [0.25, 0.3) is 0 Å². The Labute approximate surface area is 156 Å². The maximum Gasteiger partial charge on any atom is 0.191 e. The monoisotopic (exact) mass is 361 g/mol. The second-order valence-corrected chi connectivity index (χ2v) is 6.26. The Hall–Kier alpha value is -2.05. The lowest BCUT2D eigenvalue weighted by Crippen LogP contribution is -2.50. The third-order valence-electron chi connectivity index (χ3n) is 4.50. The molecular formula is C20H31N3O3. The Morgan fingerprint density at radius 3 is 2.77 bits per heavy atom. The van der Waals surface area contributed by atoms with Crippen LogP contribution in [0.15, 0.2) is 41.9 Å². The number of aliphatic imine (C=N–C) groups is 1. The summed E-state index contributed by atoms with van der Waals surface area (Å²) in [5.41, 5.74) is 0.846. The molecule has 6 heteroatoms. The molecule has 0 spiro atoms. The largest absolute Gasteiger partial charge is 0.489 e. The lowest BCUT2D eigenvalue weighted by Gasteiger charge is -2.36. The van der Waals surface area contributed by atoms with Crippen molar-refractivity contribution < 1.29 is 14.2 Å². The second-order valence-electron chi connectivity index (χ2n) is 6.26. The molecule has 1 aromatic rings. The van der Waals surface area contributed by atoms with Crippen LogP contribution in [0.3, 0.4) is 0 Å². The minimum atomic E-state index is -0.195. The highest BCUT2D eigenvalue weighted by Crippen LogP contribution is 2.23. The summed E-state index contributed by atoms with van der Waals surface area (Å²) < 4.78 is 16.9. The van der Waals surface area contributed by atoms with Crippen LogP contribution in [0.25, 0.3) is 0 Å². The van der Waals surface area contributed by atoms with Crippen LogP contribution in [0.2, 0.25) is 0 Å². The van der Waals surface area contributed by atoms with Gasteiger partial charge in [0.05, 0.1) is 12.1 Å². The lowest BCUT2D eigenvalue weighted by molar-refractivity contribution is -0.0855. The van der Waals surface area contributed by atoms with Gasteiger partial charge in [-0.05, 0) is 13.0 Å². The lowest BCUT2D eigenvalue weighted by atomic mass is 9.94. The summed E-state index contributed by atoms with van der Waals surface area (Å²) in [7, 11) is 1.77. The van der Waals surface area contributed by atoms with E-state index in [1.165, 1.54) is 0 Å². The van der Waals surface area contributed by atoms with Crippen LogP contribution in [0, 0.1) is 0 Å². The van der Waals surface area contributed by atoms with Crippen molar-refractivity contribution in [2.75, 3.05) is 40.0 Å². The normalized spacial score (nSPS) is 16.8. The zero-order chi connectivity index (χ0) is 18.7. The van der Waals surface area contributed by atoms with Crippen molar-refractivity contribution in [2.45, 2.75) is 31.9 Å². The third kappa shape index (κ3) is 6.04. The summed E-state index contributed by atoms with van der Waals surface area (Å²) in [6.07, 6.45) is 3.51. The molecule has 0 radical (unpaired) electrons. The fourth-order valence-corrected chi connectivity index (χ4v) is 2.87. The summed E-state index contributed by atoms with van der Waals surface area (Å²) in [6, 6.07) is 7.94. The molecule has 1 fully saturated rings. The molecule has 1 aliphatic heterocycles. The molecule has 1 aromatic carbocycles. The van der Waals surface area contributed by atoms with Crippen LogP contribution in [0.5, 0.6) is 5.75 Å². The summed E-state index contributed by atoms with van der Waals surface area (Å²) >= 11 is 0. The number of methoxy groups -OCH3 is 1. The average Bonchev–Trinajstić information content (AvgIpc) is 2.70. The summed E-state index contributed by atoms with van der Waals surface area (Å²) in [5.74, 6) is 1.61. The minimum absolute atomic E-state index is 0.195. The molecule has 2 N–H and O–H groups in total. The van der Waals surface area contributed by atoms with Gasteiger partial charge in [-0.2, -0.15) is 0 Å². The molecule has 0 unspecified atom stereocenters. The standard InChI is InChI=1S/C20H31N3O3/c1-4-12-26-18-9-7-6-8-17(18)15-22-19(21-5-2)23-16-20(24-3)10-13-25-14-11-20/h4,6-9H,1,5,10-16H2,2-3H3,(H2,21,22,23). The summed E-state index contributed by atoms with van der Waals surface area (Å²) in [5, 5.41) is 6.71. The highest BCUT2D eigenvalue weighted by atomic mass is 16.5. The van der Waals surface area contributed by atoms with Gasteiger partial charge < -0.3 is 24.8 Å². The number of benzene rings is 1. The van der Waals surface area contributed by atoms with Gasteiger partial charge >= 0.3 is 0 Å². The average molecular weight is 361 g/mol. The van der Waals surface area contributed by atoms with Gasteiger partial charge in [-0.25, -0.2) is 4.99 Å². The number of nitrogens with zero attached hydrogens (tertiary/aromatic N) is 1. The van der Waals surface area contributed by atoms with Crippen molar-refractivity contribution in [2.24, 2.45) is 4.99 Å². The van der Waals surface area contributed by atoms with Crippen molar-refractivity contribution in [1.82, 2.24) is 10.6 Å². The van der Waals surface area contributed by atoms with Gasteiger partial charge in [-0.3, -0.25) is 0 Å². The van der Waals surface area contributed by atoms with E-state index in [-0.39, 0.29) is 5.60 Å². The molecule has 1 heterocycles.